The number of rotatable bonds is 8. The number of furan rings is 1. The molecule has 1 amide bonds. The zero-order valence-corrected chi connectivity index (χ0v) is 16.8. The van der Waals surface area contributed by atoms with Crippen LogP contribution in [0, 0.1) is 6.92 Å². The van der Waals surface area contributed by atoms with Crippen molar-refractivity contribution in [2.45, 2.75) is 56.5 Å². The van der Waals surface area contributed by atoms with E-state index in [1.165, 1.54) is 12.5 Å². The van der Waals surface area contributed by atoms with Gasteiger partial charge in [0.25, 0.3) is 5.91 Å². The Morgan fingerprint density at radius 3 is 2.68 bits per heavy atom. The molecule has 1 heterocycles. The Hall–Kier alpha value is -2.32. The molecule has 28 heavy (non-hydrogen) atoms. The van der Waals surface area contributed by atoms with Crippen LogP contribution in [-0.4, -0.2) is 27.0 Å². The van der Waals surface area contributed by atoms with Gasteiger partial charge in [0.15, 0.2) is 6.61 Å². The van der Waals surface area contributed by atoms with Gasteiger partial charge in [0.05, 0.1) is 17.7 Å². The van der Waals surface area contributed by atoms with E-state index in [0.29, 0.717) is 17.1 Å². The Morgan fingerprint density at radius 2 is 2.00 bits per heavy atom. The van der Waals surface area contributed by atoms with Gasteiger partial charge in [0, 0.05) is 6.04 Å². The summed E-state index contributed by atoms with van der Waals surface area (Å²) in [5.41, 5.74) is 0.658. The topological polar surface area (TPSA) is 97.6 Å². The molecule has 8 heteroatoms. The van der Waals surface area contributed by atoms with Crippen molar-refractivity contribution in [1.29, 1.82) is 0 Å². The summed E-state index contributed by atoms with van der Waals surface area (Å²) < 4.78 is 38.7. The molecular formula is C20H26N2O5S. The SMILES string of the molecule is Cc1cc(S(=O)(=O)NC2CCCCC2)ccc1OCC(=O)NCc1ccco1. The molecule has 1 saturated carbocycles. The number of carbonyl (C=O) groups excluding carboxylic acids is 1. The van der Waals surface area contributed by atoms with Gasteiger partial charge in [0.2, 0.25) is 10.0 Å². The number of amides is 1. The number of benzene rings is 1. The molecule has 1 aromatic carbocycles. The molecular weight excluding hydrogens is 380 g/mol. The van der Waals surface area contributed by atoms with Crippen LogP contribution in [0.2, 0.25) is 0 Å². The summed E-state index contributed by atoms with van der Waals surface area (Å²) in [4.78, 5) is 12.1. The molecule has 0 saturated heterocycles. The van der Waals surface area contributed by atoms with E-state index in [0.717, 1.165) is 25.7 Å². The number of ether oxygens (including phenoxy) is 1. The van der Waals surface area contributed by atoms with E-state index in [1.54, 1.807) is 37.5 Å². The summed E-state index contributed by atoms with van der Waals surface area (Å²) in [6.45, 7) is 1.89. The second kappa shape index (κ2) is 9.25. The molecule has 7 nitrogen and oxygen atoms in total. The van der Waals surface area contributed by atoms with E-state index in [4.69, 9.17) is 9.15 Å². The average Bonchev–Trinajstić information content (AvgIpc) is 3.19. The molecule has 0 bridgehead atoms. The quantitative estimate of drug-likeness (QED) is 0.702. The van der Waals surface area contributed by atoms with Gasteiger partial charge in [0.1, 0.15) is 11.5 Å². The lowest BCUT2D eigenvalue weighted by atomic mass is 9.96. The molecule has 2 aromatic rings. The first-order chi connectivity index (χ1) is 13.4. The van der Waals surface area contributed by atoms with Crippen LogP contribution in [0.4, 0.5) is 0 Å². The summed E-state index contributed by atoms with van der Waals surface area (Å²) in [6, 6.07) is 8.19. The zero-order chi connectivity index (χ0) is 20.0. The predicted octanol–water partition coefficient (Wildman–Crippen LogP) is 2.89. The third-order valence-corrected chi connectivity index (χ3v) is 6.30. The average molecular weight is 407 g/mol. The maximum Gasteiger partial charge on any atom is 0.258 e. The van der Waals surface area contributed by atoms with Crippen LogP contribution in [0.3, 0.4) is 0 Å². The standard InChI is InChI=1S/C20H26N2O5S/c1-15-12-18(28(24,25)22-16-6-3-2-4-7-16)9-10-19(15)27-14-20(23)21-13-17-8-5-11-26-17/h5,8-12,16,22H,2-4,6-7,13-14H2,1H3,(H,21,23). The summed E-state index contributed by atoms with van der Waals surface area (Å²) >= 11 is 0. The molecule has 0 atom stereocenters. The molecule has 1 aliphatic carbocycles. The third kappa shape index (κ3) is 5.59. The lowest BCUT2D eigenvalue weighted by molar-refractivity contribution is -0.123. The Bertz CT molecular complexity index is 887. The smallest absolute Gasteiger partial charge is 0.258 e. The van der Waals surface area contributed by atoms with Gasteiger partial charge in [-0.1, -0.05) is 19.3 Å². The van der Waals surface area contributed by atoms with E-state index < -0.39 is 10.0 Å². The zero-order valence-electron chi connectivity index (χ0n) is 15.9. The molecule has 0 radical (unpaired) electrons. The van der Waals surface area contributed by atoms with Crippen molar-refractivity contribution in [3.63, 3.8) is 0 Å². The number of nitrogens with one attached hydrogen (secondary N) is 2. The molecule has 3 rings (SSSR count). The van der Waals surface area contributed by atoms with Crippen molar-refractivity contribution >= 4 is 15.9 Å². The summed E-state index contributed by atoms with van der Waals surface area (Å²) in [5.74, 6) is 0.848. The van der Waals surface area contributed by atoms with Gasteiger partial charge in [-0.15, -0.1) is 0 Å². The first-order valence-corrected chi connectivity index (χ1v) is 11.0. The van der Waals surface area contributed by atoms with E-state index in [-0.39, 0.29) is 30.0 Å². The lowest BCUT2D eigenvalue weighted by Gasteiger charge is -2.22. The summed E-state index contributed by atoms with van der Waals surface area (Å²) in [6.07, 6.45) is 6.58. The van der Waals surface area contributed by atoms with Crippen molar-refractivity contribution in [2.24, 2.45) is 0 Å². The maximum absolute atomic E-state index is 12.6. The predicted molar refractivity (Wildman–Crippen MR) is 104 cm³/mol. The fraction of sp³-hybridized carbons (Fsp3) is 0.450. The summed E-state index contributed by atoms with van der Waals surface area (Å²) in [5, 5.41) is 2.69. The molecule has 1 fully saturated rings. The largest absolute Gasteiger partial charge is 0.484 e. The Morgan fingerprint density at radius 1 is 1.21 bits per heavy atom. The van der Waals surface area contributed by atoms with E-state index in [1.807, 2.05) is 0 Å². The number of hydrogen-bond donors (Lipinski definition) is 2. The number of sulfonamides is 1. The monoisotopic (exact) mass is 406 g/mol. The van der Waals surface area contributed by atoms with E-state index >= 15 is 0 Å². The van der Waals surface area contributed by atoms with Crippen LogP contribution >= 0.6 is 0 Å². The Balaban J connectivity index is 1.54. The van der Waals surface area contributed by atoms with Crippen LogP contribution in [0.15, 0.2) is 45.9 Å². The second-order valence-electron chi connectivity index (χ2n) is 7.03. The van der Waals surface area contributed by atoms with Gasteiger partial charge in [-0.3, -0.25) is 4.79 Å². The van der Waals surface area contributed by atoms with Crippen molar-refractivity contribution in [3.8, 4) is 5.75 Å². The van der Waals surface area contributed by atoms with Gasteiger partial charge in [-0.25, -0.2) is 13.1 Å². The molecule has 0 spiro atoms. The summed E-state index contributed by atoms with van der Waals surface area (Å²) in [7, 11) is -3.56. The van der Waals surface area contributed by atoms with Gasteiger partial charge >= 0.3 is 0 Å². The molecule has 2 N–H and O–H groups in total. The number of hydrogen-bond acceptors (Lipinski definition) is 5. The Labute approximate surface area is 165 Å². The van der Waals surface area contributed by atoms with Crippen molar-refractivity contribution in [2.75, 3.05) is 6.61 Å². The van der Waals surface area contributed by atoms with Gasteiger partial charge in [-0.2, -0.15) is 0 Å². The number of carbonyl (C=O) groups is 1. The Kier molecular flexibility index (Phi) is 6.74. The lowest BCUT2D eigenvalue weighted by Crippen LogP contribution is -2.36. The minimum atomic E-state index is -3.56. The van der Waals surface area contributed by atoms with Crippen LogP contribution in [0.5, 0.6) is 5.75 Å². The van der Waals surface area contributed by atoms with E-state index in [9.17, 15) is 13.2 Å². The minimum absolute atomic E-state index is 0.00726. The first-order valence-electron chi connectivity index (χ1n) is 9.49. The maximum atomic E-state index is 12.6. The molecule has 0 aliphatic heterocycles. The van der Waals surface area contributed by atoms with Crippen molar-refractivity contribution < 1.29 is 22.4 Å². The first kappa shape index (κ1) is 20.4. The van der Waals surface area contributed by atoms with Crippen LogP contribution in [-0.2, 0) is 21.4 Å². The third-order valence-electron chi connectivity index (χ3n) is 4.78. The molecule has 0 unspecified atom stereocenters. The van der Waals surface area contributed by atoms with Gasteiger partial charge < -0.3 is 14.5 Å². The highest BCUT2D eigenvalue weighted by molar-refractivity contribution is 7.89. The minimum Gasteiger partial charge on any atom is -0.484 e. The molecule has 1 aromatic heterocycles. The fourth-order valence-electron chi connectivity index (χ4n) is 3.25. The van der Waals surface area contributed by atoms with Crippen molar-refractivity contribution in [1.82, 2.24) is 10.0 Å². The van der Waals surface area contributed by atoms with Crippen LogP contribution < -0.4 is 14.8 Å². The van der Waals surface area contributed by atoms with Crippen molar-refractivity contribution in [3.05, 3.63) is 47.9 Å². The second-order valence-corrected chi connectivity index (χ2v) is 8.74. The molecule has 1 aliphatic rings. The number of aryl methyl sites for hydroxylation is 1. The highest BCUT2D eigenvalue weighted by Crippen LogP contribution is 2.24. The fourth-order valence-corrected chi connectivity index (χ4v) is 4.64. The van der Waals surface area contributed by atoms with Gasteiger partial charge in [-0.05, 0) is 55.7 Å². The van der Waals surface area contributed by atoms with Crippen LogP contribution in [0.1, 0.15) is 43.4 Å². The van der Waals surface area contributed by atoms with Crippen LogP contribution in [0.25, 0.3) is 0 Å². The highest BCUT2D eigenvalue weighted by Gasteiger charge is 2.22. The highest BCUT2D eigenvalue weighted by atomic mass is 32.2. The van der Waals surface area contributed by atoms with E-state index in [2.05, 4.69) is 10.0 Å². The normalized spacial score (nSPS) is 15.3. The molecule has 152 valence electrons.